The maximum absolute atomic E-state index is 12.3. The first-order chi connectivity index (χ1) is 10.1. The standard InChI is InChI=1S/C17H31N3O/c1-12-3-5-13(6-4-12)19-17(21)11-20(2)16-9-14-7-8-15(10-16)18-14/h12-16,18H,3-11H2,1-2H3,(H,19,21). The van der Waals surface area contributed by atoms with E-state index in [1.165, 1.54) is 38.5 Å². The summed E-state index contributed by atoms with van der Waals surface area (Å²) in [6, 6.07) is 2.39. The van der Waals surface area contributed by atoms with Crippen molar-refractivity contribution in [3.63, 3.8) is 0 Å². The highest BCUT2D eigenvalue weighted by Crippen LogP contribution is 2.29. The predicted octanol–water partition coefficient (Wildman–Crippen LogP) is 1.90. The normalized spacial score (nSPS) is 39.5. The maximum atomic E-state index is 12.3. The summed E-state index contributed by atoms with van der Waals surface area (Å²) in [7, 11) is 2.12. The molecule has 2 bridgehead atoms. The highest BCUT2D eigenvalue weighted by molar-refractivity contribution is 5.78. The lowest BCUT2D eigenvalue weighted by Gasteiger charge is -2.35. The number of nitrogens with zero attached hydrogens (tertiary/aromatic N) is 1. The van der Waals surface area contributed by atoms with Gasteiger partial charge in [0.05, 0.1) is 6.54 Å². The number of amides is 1. The second kappa shape index (κ2) is 6.66. The molecule has 0 aromatic heterocycles. The second-order valence-electron chi connectivity index (χ2n) is 7.70. The van der Waals surface area contributed by atoms with Gasteiger partial charge in [-0.15, -0.1) is 0 Å². The summed E-state index contributed by atoms with van der Waals surface area (Å²) in [4.78, 5) is 14.5. The topological polar surface area (TPSA) is 44.4 Å². The maximum Gasteiger partial charge on any atom is 0.234 e. The van der Waals surface area contributed by atoms with Gasteiger partial charge in [-0.25, -0.2) is 0 Å². The zero-order chi connectivity index (χ0) is 14.8. The molecular formula is C17H31N3O. The molecule has 1 saturated carbocycles. The number of carbonyl (C=O) groups excluding carboxylic acids is 1. The van der Waals surface area contributed by atoms with Gasteiger partial charge >= 0.3 is 0 Å². The van der Waals surface area contributed by atoms with E-state index in [9.17, 15) is 4.79 Å². The van der Waals surface area contributed by atoms with Gasteiger partial charge in [-0.05, 0) is 64.3 Å². The number of rotatable bonds is 4. The minimum absolute atomic E-state index is 0.225. The van der Waals surface area contributed by atoms with Crippen LogP contribution in [0.5, 0.6) is 0 Å². The van der Waals surface area contributed by atoms with Crippen LogP contribution in [0, 0.1) is 5.92 Å². The molecule has 2 atom stereocenters. The molecule has 2 N–H and O–H groups in total. The molecule has 4 nitrogen and oxygen atoms in total. The molecule has 2 unspecified atom stereocenters. The Morgan fingerprint density at radius 1 is 1.10 bits per heavy atom. The Labute approximate surface area is 129 Å². The summed E-state index contributed by atoms with van der Waals surface area (Å²) < 4.78 is 0. The van der Waals surface area contributed by atoms with E-state index in [0.29, 0.717) is 30.7 Å². The van der Waals surface area contributed by atoms with Crippen molar-refractivity contribution < 1.29 is 4.79 Å². The van der Waals surface area contributed by atoms with Crippen molar-refractivity contribution in [2.24, 2.45) is 5.92 Å². The molecule has 0 radical (unpaired) electrons. The Kier molecular flexibility index (Phi) is 4.85. The molecule has 2 aliphatic heterocycles. The molecule has 3 aliphatic rings. The minimum Gasteiger partial charge on any atom is -0.352 e. The quantitative estimate of drug-likeness (QED) is 0.832. The fraction of sp³-hybridized carbons (Fsp3) is 0.941. The molecule has 0 aromatic rings. The number of hydrogen-bond donors (Lipinski definition) is 2. The Hall–Kier alpha value is -0.610. The molecule has 1 aliphatic carbocycles. The van der Waals surface area contributed by atoms with E-state index >= 15 is 0 Å². The van der Waals surface area contributed by atoms with Gasteiger partial charge < -0.3 is 10.6 Å². The number of piperidine rings is 1. The van der Waals surface area contributed by atoms with E-state index < -0.39 is 0 Å². The number of fused-ring (bicyclic) bond motifs is 2. The summed E-state index contributed by atoms with van der Waals surface area (Å²) in [6.45, 7) is 2.88. The zero-order valence-corrected chi connectivity index (χ0v) is 13.6. The van der Waals surface area contributed by atoms with Crippen LogP contribution >= 0.6 is 0 Å². The molecule has 120 valence electrons. The lowest BCUT2D eigenvalue weighted by molar-refractivity contribution is -0.123. The number of hydrogen-bond acceptors (Lipinski definition) is 3. The van der Waals surface area contributed by atoms with E-state index in [0.717, 1.165) is 18.8 Å². The van der Waals surface area contributed by atoms with Gasteiger partial charge in [0.25, 0.3) is 0 Å². The molecule has 0 aromatic carbocycles. The summed E-state index contributed by atoms with van der Waals surface area (Å²) in [6.07, 6.45) is 9.91. The summed E-state index contributed by atoms with van der Waals surface area (Å²) >= 11 is 0. The van der Waals surface area contributed by atoms with E-state index in [1.54, 1.807) is 0 Å². The van der Waals surface area contributed by atoms with Crippen LogP contribution in [-0.4, -0.2) is 48.6 Å². The third kappa shape index (κ3) is 3.98. The first-order valence-electron chi connectivity index (χ1n) is 8.86. The van der Waals surface area contributed by atoms with E-state index in [1.807, 2.05) is 0 Å². The van der Waals surface area contributed by atoms with Crippen LogP contribution in [0.2, 0.25) is 0 Å². The van der Waals surface area contributed by atoms with Crippen LogP contribution in [-0.2, 0) is 4.79 Å². The minimum atomic E-state index is 0.225. The van der Waals surface area contributed by atoms with Crippen molar-refractivity contribution >= 4 is 5.91 Å². The van der Waals surface area contributed by atoms with Crippen LogP contribution in [0.15, 0.2) is 0 Å². The molecule has 0 spiro atoms. The molecule has 21 heavy (non-hydrogen) atoms. The lowest BCUT2D eigenvalue weighted by Crippen LogP contribution is -2.50. The van der Waals surface area contributed by atoms with Gasteiger partial charge in [0.15, 0.2) is 0 Å². The molecular weight excluding hydrogens is 262 g/mol. The van der Waals surface area contributed by atoms with Crippen LogP contribution in [0.25, 0.3) is 0 Å². The van der Waals surface area contributed by atoms with E-state index in [2.05, 4.69) is 29.5 Å². The largest absolute Gasteiger partial charge is 0.352 e. The van der Waals surface area contributed by atoms with Gasteiger partial charge in [0.2, 0.25) is 5.91 Å². The summed E-state index contributed by atoms with van der Waals surface area (Å²) in [5.41, 5.74) is 0. The molecule has 4 heteroatoms. The second-order valence-corrected chi connectivity index (χ2v) is 7.70. The Bertz CT molecular complexity index is 353. The Balaban J connectivity index is 1.42. The highest BCUT2D eigenvalue weighted by Gasteiger charge is 2.35. The van der Waals surface area contributed by atoms with Gasteiger partial charge in [0.1, 0.15) is 0 Å². The number of likely N-dealkylation sites (N-methyl/N-ethyl adjacent to an activating group) is 1. The predicted molar refractivity (Wildman–Crippen MR) is 85.2 cm³/mol. The van der Waals surface area contributed by atoms with Crippen molar-refractivity contribution in [1.82, 2.24) is 15.5 Å². The smallest absolute Gasteiger partial charge is 0.234 e. The van der Waals surface area contributed by atoms with Crippen molar-refractivity contribution in [3.8, 4) is 0 Å². The Morgan fingerprint density at radius 2 is 1.71 bits per heavy atom. The molecule has 2 heterocycles. The third-order valence-electron chi connectivity index (χ3n) is 5.85. The molecule has 3 rings (SSSR count). The first-order valence-corrected chi connectivity index (χ1v) is 8.86. The molecule has 3 fully saturated rings. The molecule has 2 saturated heterocycles. The van der Waals surface area contributed by atoms with Crippen LogP contribution in [0.3, 0.4) is 0 Å². The zero-order valence-electron chi connectivity index (χ0n) is 13.6. The van der Waals surface area contributed by atoms with Gasteiger partial charge in [0, 0.05) is 24.2 Å². The fourth-order valence-electron chi connectivity index (χ4n) is 4.42. The van der Waals surface area contributed by atoms with E-state index in [4.69, 9.17) is 0 Å². The van der Waals surface area contributed by atoms with Gasteiger partial charge in [-0.2, -0.15) is 0 Å². The Morgan fingerprint density at radius 3 is 2.33 bits per heavy atom. The summed E-state index contributed by atoms with van der Waals surface area (Å²) in [5, 5.41) is 6.92. The number of carbonyl (C=O) groups is 1. The van der Waals surface area contributed by atoms with Crippen LogP contribution in [0.4, 0.5) is 0 Å². The monoisotopic (exact) mass is 293 g/mol. The van der Waals surface area contributed by atoms with Crippen molar-refractivity contribution in [3.05, 3.63) is 0 Å². The van der Waals surface area contributed by atoms with Crippen molar-refractivity contribution in [2.75, 3.05) is 13.6 Å². The van der Waals surface area contributed by atoms with E-state index in [-0.39, 0.29) is 5.91 Å². The SMILES string of the molecule is CC1CCC(NC(=O)CN(C)C2CC3CCC(C2)N3)CC1. The third-order valence-corrected chi connectivity index (χ3v) is 5.85. The van der Waals surface area contributed by atoms with Crippen LogP contribution in [0.1, 0.15) is 58.3 Å². The number of nitrogens with one attached hydrogen (secondary N) is 2. The summed E-state index contributed by atoms with van der Waals surface area (Å²) in [5.74, 6) is 1.06. The van der Waals surface area contributed by atoms with Gasteiger partial charge in [-0.3, -0.25) is 9.69 Å². The average molecular weight is 293 g/mol. The van der Waals surface area contributed by atoms with Crippen molar-refractivity contribution in [2.45, 2.75) is 82.5 Å². The highest BCUT2D eigenvalue weighted by atomic mass is 16.2. The fourth-order valence-corrected chi connectivity index (χ4v) is 4.42. The average Bonchev–Trinajstić information content (AvgIpc) is 2.80. The van der Waals surface area contributed by atoms with Gasteiger partial charge in [-0.1, -0.05) is 6.92 Å². The molecule has 1 amide bonds. The van der Waals surface area contributed by atoms with Crippen LogP contribution < -0.4 is 10.6 Å². The van der Waals surface area contributed by atoms with Crippen molar-refractivity contribution in [1.29, 1.82) is 0 Å². The first kappa shape index (κ1) is 15.3. The lowest BCUT2D eigenvalue weighted by atomic mass is 9.87.